The third-order valence-electron chi connectivity index (χ3n) is 2.53. The summed E-state index contributed by atoms with van der Waals surface area (Å²) in [6.07, 6.45) is 0. The fourth-order valence-corrected chi connectivity index (χ4v) is 1.72. The monoisotopic (exact) mass is 252 g/mol. The SMILES string of the molecule is CC(C)(C)c1ccccc1NC(=O)C(N)CS. The first-order chi connectivity index (χ1) is 7.86. The number of nitrogens with one attached hydrogen (secondary N) is 1. The minimum atomic E-state index is -0.577. The normalized spacial score (nSPS) is 13.2. The van der Waals surface area contributed by atoms with Crippen molar-refractivity contribution in [2.75, 3.05) is 11.1 Å². The van der Waals surface area contributed by atoms with E-state index in [1.807, 2.05) is 24.3 Å². The van der Waals surface area contributed by atoms with E-state index in [-0.39, 0.29) is 11.3 Å². The Morgan fingerprint density at radius 2 is 2.00 bits per heavy atom. The molecule has 1 atom stereocenters. The third-order valence-corrected chi connectivity index (χ3v) is 2.92. The summed E-state index contributed by atoms with van der Waals surface area (Å²) in [6, 6.07) is 7.20. The number of hydrogen-bond acceptors (Lipinski definition) is 3. The maximum atomic E-state index is 11.7. The van der Waals surface area contributed by atoms with Crippen molar-refractivity contribution in [3.05, 3.63) is 29.8 Å². The third kappa shape index (κ3) is 3.75. The van der Waals surface area contributed by atoms with Gasteiger partial charge in [-0.2, -0.15) is 12.6 Å². The van der Waals surface area contributed by atoms with Gasteiger partial charge in [0.15, 0.2) is 0 Å². The predicted octanol–water partition coefficient (Wildman–Crippen LogP) is 2.18. The minimum Gasteiger partial charge on any atom is -0.324 e. The Labute approximate surface area is 108 Å². The van der Waals surface area contributed by atoms with Crippen LogP contribution in [0.5, 0.6) is 0 Å². The van der Waals surface area contributed by atoms with Crippen LogP contribution in [0.1, 0.15) is 26.3 Å². The van der Waals surface area contributed by atoms with E-state index in [9.17, 15) is 4.79 Å². The van der Waals surface area contributed by atoms with E-state index in [0.29, 0.717) is 5.75 Å². The van der Waals surface area contributed by atoms with Crippen LogP contribution in [0.4, 0.5) is 5.69 Å². The molecule has 1 aromatic rings. The Morgan fingerprint density at radius 1 is 1.41 bits per heavy atom. The Balaban J connectivity index is 2.96. The standard InChI is InChI=1S/C13H20N2OS/c1-13(2,3)9-6-4-5-7-11(9)15-12(16)10(14)8-17/h4-7,10,17H,8,14H2,1-3H3,(H,15,16). The average molecular weight is 252 g/mol. The highest BCUT2D eigenvalue weighted by Crippen LogP contribution is 2.29. The number of anilines is 1. The lowest BCUT2D eigenvalue weighted by molar-refractivity contribution is -0.116. The summed E-state index contributed by atoms with van der Waals surface area (Å²) < 4.78 is 0. The molecule has 3 nitrogen and oxygen atoms in total. The summed E-state index contributed by atoms with van der Waals surface area (Å²) in [6.45, 7) is 6.32. The molecule has 0 aliphatic rings. The highest BCUT2D eigenvalue weighted by atomic mass is 32.1. The molecule has 0 heterocycles. The van der Waals surface area contributed by atoms with Gasteiger partial charge in [-0.05, 0) is 17.0 Å². The zero-order valence-corrected chi connectivity index (χ0v) is 11.4. The van der Waals surface area contributed by atoms with Gasteiger partial charge >= 0.3 is 0 Å². The Hall–Kier alpha value is -1.000. The lowest BCUT2D eigenvalue weighted by Crippen LogP contribution is -2.37. The molecule has 4 heteroatoms. The van der Waals surface area contributed by atoms with Gasteiger partial charge in [0.2, 0.25) is 5.91 Å². The zero-order chi connectivity index (χ0) is 13.1. The van der Waals surface area contributed by atoms with E-state index >= 15 is 0 Å². The number of amides is 1. The van der Waals surface area contributed by atoms with Gasteiger partial charge in [-0.25, -0.2) is 0 Å². The fraction of sp³-hybridized carbons (Fsp3) is 0.462. The molecule has 1 amide bonds. The molecular weight excluding hydrogens is 232 g/mol. The number of hydrogen-bond donors (Lipinski definition) is 3. The van der Waals surface area contributed by atoms with Gasteiger partial charge in [0.1, 0.15) is 0 Å². The van der Waals surface area contributed by atoms with Crippen LogP contribution in [0.15, 0.2) is 24.3 Å². The molecule has 0 saturated carbocycles. The molecule has 0 aliphatic carbocycles. The fourth-order valence-electron chi connectivity index (χ4n) is 1.55. The summed E-state index contributed by atoms with van der Waals surface area (Å²) in [4.78, 5) is 11.7. The summed E-state index contributed by atoms with van der Waals surface area (Å²) >= 11 is 4.02. The van der Waals surface area contributed by atoms with Crippen LogP contribution >= 0.6 is 12.6 Å². The van der Waals surface area contributed by atoms with Gasteiger partial charge in [-0.3, -0.25) is 4.79 Å². The van der Waals surface area contributed by atoms with Gasteiger partial charge in [0, 0.05) is 11.4 Å². The molecule has 0 spiro atoms. The van der Waals surface area contributed by atoms with E-state index in [1.165, 1.54) is 0 Å². The van der Waals surface area contributed by atoms with E-state index in [2.05, 4.69) is 38.7 Å². The van der Waals surface area contributed by atoms with Crippen molar-refractivity contribution in [2.24, 2.45) is 5.73 Å². The first kappa shape index (κ1) is 14.1. The maximum absolute atomic E-state index is 11.7. The molecule has 0 radical (unpaired) electrons. The Morgan fingerprint density at radius 3 is 2.53 bits per heavy atom. The zero-order valence-electron chi connectivity index (χ0n) is 10.5. The van der Waals surface area contributed by atoms with Crippen LogP contribution in [-0.2, 0) is 10.2 Å². The predicted molar refractivity (Wildman–Crippen MR) is 75.6 cm³/mol. The topological polar surface area (TPSA) is 55.1 Å². The highest BCUT2D eigenvalue weighted by molar-refractivity contribution is 7.80. The first-order valence-corrected chi connectivity index (χ1v) is 6.26. The van der Waals surface area contributed by atoms with Crippen molar-refractivity contribution in [2.45, 2.75) is 32.2 Å². The number of rotatable bonds is 3. The van der Waals surface area contributed by atoms with Crippen molar-refractivity contribution in [3.8, 4) is 0 Å². The number of carbonyl (C=O) groups excluding carboxylic acids is 1. The molecule has 0 bridgehead atoms. The first-order valence-electron chi connectivity index (χ1n) is 5.63. The van der Waals surface area contributed by atoms with Gasteiger partial charge in [-0.1, -0.05) is 39.0 Å². The summed E-state index contributed by atoms with van der Waals surface area (Å²) in [5.41, 5.74) is 7.53. The average Bonchev–Trinajstić information content (AvgIpc) is 2.27. The summed E-state index contributed by atoms with van der Waals surface area (Å²) in [5, 5.41) is 2.85. The van der Waals surface area contributed by atoms with E-state index in [4.69, 9.17) is 5.73 Å². The minimum absolute atomic E-state index is 0.0189. The number of carbonyl (C=O) groups is 1. The van der Waals surface area contributed by atoms with E-state index < -0.39 is 6.04 Å². The van der Waals surface area contributed by atoms with Crippen LogP contribution in [-0.4, -0.2) is 17.7 Å². The van der Waals surface area contributed by atoms with Gasteiger partial charge in [-0.15, -0.1) is 0 Å². The van der Waals surface area contributed by atoms with E-state index in [1.54, 1.807) is 0 Å². The van der Waals surface area contributed by atoms with Crippen LogP contribution < -0.4 is 11.1 Å². The molecule has 0 aliphatic heterocycles. The van der Waals surface area contributed by atoms with Crippen molar-refractivity contribution >= 4 is 24.2 Å². The van der Waals surface area contributed by atoms with Crippen LogP contribution in [0.3, 0.4) is 0 Å². The second kappa shape index (κ2) is 5.56. The number of thiol groups is 1. The lowest BCUT2D eigenvalue weighted by atomic mass is 9.86. The summed E-state index contributed by atoms with van der Waals surface area (Å²) in [7, 11) is 0. The molecule has 1 rings (SSSR count). The number of nitrogens with two attached hydrogens (primary N) is 1. The molecule has 1 unspecified atom stereocenters. The van der Waals surface area contributed by atoms with Crippen molar-refractivity contribution in [1.82, 2.24) is 0 Å². The van der Waals surface area contributed by atoms with Gasteiger partial charge in [0.25, 0.3) is 0 Å². The quantitative estimate of drug-likeness (QED) is 0.722. The van der Waals surface area contributed by atoms with Crippen molar-refractivity contribution < 1.29 is 4.79 Å². The smallest absolute Gasteiger partial charge is 0.242 e. The van der Waals surface area contributed by atoms with Crippen molar-refractivity contribution in [3.63, 3.8) is 0 Å². The molecule has 3 N–H and O–H groups in total. The molecule has 1 aromatic carbocycles. The highest BCUT2D eigenvalue weighted by Gasteiger charge is 2.19. The molecule has 0 aromatic heterocycles. The summed E-state index contributed by atoms with van der Waals surface area (Å²) in [5.74, 6) is 0.139. The van der Waals surface area contributed by atoms with Crippen molar-refractivity contribution in [1.29, 1.82) is 0 Å². The van der Waals surface area contributed by atoms with E-state index in [0.717, 1.165) is 11.3 Å². The van der Waals surface area contributed by atoms with Crippen LogP contribution in [0, 0.1) is 0 Å². The van der Waals surface area contributed by atoms with Crippen LogP contribution in [0.2, 0.25) is 0 Å². The molecular formula is C13H20N2OS. The Kier molecular flexibility index (Phi) is 4.60. The lowest BCUT2D eigenvalue weighted by Gasteiger charge is -2.23. The number of benzene rings is 1. The van der Waals surface area contributed by atoms with Gasteiger partial charge < -0.3 is 11.1 Å². The van der Waals surface area contributed by atoms with Gasteiger partial charge in [0.05, 0.1) is 6.04 Å². The molecule has 0 fully saturated rings. The second-order valence-corrected chi connectivity index (χ2v) is 5.44. The molecule has 94 valence electrons. The molecule has 0 saturated heterocycles. The second-order valence-electron chi connectivity index (χ2n) is 5.07. The largest absolute Gasteiger partial charge is 0.324 e. The molecule has 17 heavy (non-hydrogen) atoms. The Bertz CT molecular complexity index is 399. The maximum Gasteiger partial charge on any atom is 0.242 e. The van der Waals surface area contributed by atoms with Crippen LogP contribution in [0.25, 0.3) is 0 Å². The number of para-hydroxylation sites is 1.